The Kier molecular flexibility index (Phi) is 6.96. The fraction of sp³-hybridized carbons (Fsp3) is 0.300. The molecule has 8 nitrogen and oxygen atoms in total. The number of rotatable bonds is 6. The Morgan fingerprint density at radius 3 is 2.50 bits per heavy atom. The van der Waals surface area contributed by atoms with Gasteiger partial charge in [-0.3, -0.25) is 20.4 Å². The number of carbonyl (C=O) groups excluding carboxylic acids is 2. The molecule has 1 fully saturated rings. The molecule has 0 bridgehead atoms. The largest absolute Gasteiger partial charge is 0.483 e. The van der Waals surface area contributed by atoms with E-state index in [2.05, 4.69) is 10.9 Å². The average Bonchev–Trinajstić information content (AvgIpc) is 3.27. The Balaban J connectivity index is 1.61. The molecule has 0 aliphatic carbocycles. The summed E-state index contributed by atoms with van der Waals surface area (Å²) >= 11 is 6.08. The summed E-state index contributed by atoms with van der Waals surface area (Å²) in [5, 5.41) is 0.0362. The third-order valence-corrected chi connectivity index (χ3v) is 7.02. The van der Waals surface area contributed by atoms with Crippen molar-refractivity contribution in [2.75, 3.05) is 19.7 Å². The number of benzene rings is 2. The average molecular weight is 452 g/mol. The van der Waals surface area contributed by atoms with Gasteiger partial charge in [0.05, 0.1) is 5.02 Å². The standard InChI is InChI=1S/C20H22ClN3O5S/c1-14-6-2-3-7-17(14)29-13-19(25)22-23-20(26)15-8-9-16(21)18(12-15)30(27,28)24-10-4-5-11-24/h2-3,6-9,12H,4-5,10-11,13H2,1H3,(H,22,25)(H,23,26). The lowest BCUT2D eigenvalue weighted by Gasteiger charge is -2.17. The van der Waals surface area contributed by atoms with Gasteiger partial charge in [-0.2, -0.15) is 4.31 Å². The molecular formula is C20H22ClN3O5S. The quantitative estimate of drug-likeness (QED) is 0.655. The van der Waals surface area contributed by atoms with Crippen LogP contribution in [0.3, 0.4) is 0 Å². The van der Waals surface area contributed by atoms with Crippen LogP contribution in [-0.4, -0.2) is 44.2 Å². The van der Waals surface area contributed by atoms with Gasteiger partial charge >= 0.3 is 0 Å². The molecule has 3 rings (SSSR count). The number of amides is 2. The van der Waals surface area contributed by atoms with Crippen LogP contribution >= 0.6 is 11.6 Å². The number of ether oxygens (including phenoxy) is 1. The molecule has 1 saturated heterocycles. The van der Waals surface area contributed by atoms with Crippen molar-refractivity contribution < 1.29 is 22.7 Å². The van der Waals surface area contributed by atoms with Crippen LogP contribution in [0.4, 0.5) is 0 Å². The minimum Gasteiger partial charge on any atom is -0.483 e. The third kappa shape index (κ3) is 5.10. The highest BCUT2D eigenvalue weighted by Crippen LogP contribution is 2.28. The highest BCUT2D eigenvalue weighted by molar-refractivity contribution is 7.89. The number of hydrogen-bond donors (Lipinski definition) is 2. The predicted octanol–water partition coefficient (Wildman–Crippen LogP) is 2.27. The summed E-state index contributed by atoms with van der Waals surface area (Å²) in [6.07, 6.45) is 1.57. The van der Waals surface area contributed by atoms with E-state index in [-0.39, 0.29) is 22.1 Å². The summed E-state index contributed by atoms with van der Waals surface area (Å²) < 4.78 is 32.3. The Labute approximate surface area is 180 Å². The molecule has 1 heterocycles. The number of hydrogen-bond acceptors (Lipinski definition) is 5. The van der Waals surface area contributed by atoms with Crippen molar-refractivity contribution in [2.45, 2.75) is 24.7 Å². The second-order valence-corrected chi connectivity index (χ2v) is 9.13. The first kappa shape index (κ1) is 22.1. The molecule has 2 amide bonds. The molecule has 30 heavy (non-hydrogen) atoms. The molecule has 0 unspecified atom stereocenters. The van der Waals surface area contributed by atoms with Crippen molar-refractivity contribution in [2.24, 2.45) is 0 Å². The zero-order valence-electron chi connectivity index (χ0n) is 16.4. The van der Waals surface area contributed by atoms with Gasteiger partial charge in [-0.25, -0.2) is 8.42 Å². The van der Waals surface area contributed by atoms with E-state index in [0.717, 1.165) is 18.4 Å². The fourth-order valence-corrected chi connectivity index (χ4v) is 5.02. The van der Waals surface area contributed by atoms with Gasteiger partial charge in [-0.15, -0.1) is 0 Å². The van der Waals surface area contributed by atoms with Gasteiger partial charge in [0.15, 0.2) is 6.61 Å². The number of para-hydroxylation sites is 1. The molecule has 2 aromatic rings. The number of halogens is 1. The lowest BCUT2D eigenvalue weighted by Crippen LogP contribution is -2.43. The minimum atomic E-state index is -3.79. The van der Waals surface area contributed by atoms with Gasteiger partial charge in [0, 0.05) is 18.7 Å². The maximum Gasteiger partial charge on any atom is 0.276 e. The predicted molar refractivity (Wildman–Crippen MR) is 112 cm³/mol. The number of nitrogens with one attached hydrogen (secondary N) is 2. The Bertz CT molecular complexity index is 1050. The van der Waals surface area contributed by atoms with Crippen LogP contribution in [0.1, 0.15) is 28.8 Å². The van der Waals surface area contributed by atoms with Crippen LogP contribution in [-0.2, 0) is 14.8 Å². The van der Waals surface area contributed by atoms with Crippen molar-refractivity contribution >= 4 is 33.4 Å². The zero-order valence-corrected chi connectivity index (χ0v) is 17.9. The van der Waals surface area contributed by atoms with Crippen molar-refractivity contribution in [1.82, 2.24) is 15.2 Å². The molecule has 160 valence electrons. The topological polar surface area (TPSA) is 105 Å². The van der Waals surface area contributed by atoms with Crippen LogP contribution < -0.4 is 15.6 Å². The number of sulfonamides is 1. The van der Waals surface area contributed by atoms with Crippen LogP contribution in [0, 0.1) is 6.92 Å². The SMILES string of the molecule is Cc1ccccc1OCC(=O)NNC(=O)c1ccc(Cl)c(S(=O)(=O)N2CCCC2)c1. The Morgan fingerprint density at radius 2 is 1.80 bits per heavy atom. The van der Waals surface area contributed by atoms with E-state index in [0.29, 0.717) is 18.8 Å². The summed E-state index contributed by atoms with van der Waals surface area (Å²) in [4.78, 5) is 24.2. The van der Waals surface area contributed by atoms with E-state index in [9.17, 15) is 18.0 Å². The van der Waals surface area contributed by atoms with E-state index in [1.54, 1.807) is 12.1 Å². The summed E-state index contributed by atoms with van der Waals surface area (Å²) in [5.41, 5.74) is 5.42. The summed E-state index contributed by atoms with van der Waals surface area (Å²) in [7, 11) is -3.79. The summed E-state index contributed by atoms with van der Waals surface area (Å²) in [5.74, 6) is -0.673. The Hall–Kier alpha value is -2.62. The molecule has 0 atom stereocenters. The van der Waals surface area contributed by atoms with Crippen LogP contribution in [0.15, 0.2) is 47.4 Å². The van der Waals surface area contributed by atoms with Gasteiger partial charge in [0.25, 0.3) is 11.8 Å². The number of hydrazine groups is 1. The maximum absolute atomic E-state index is 12.8. The highest BCUT2D eigenvalue weighted by atomic mass is 35.5. The second-order valence-electron chi connectivity index (χ2n) is 6.81. The molecule has 0 spiro atoms. The lowest BCUT2D eigenvalue weighted by molar-refractivity contribution is -0.123. The first-order valence-electron chi connectivity index (χ1n) is 9.36. The van der Waals surface area contributed by atoms with Crippen LogP contribution in [0.25, 0.3) is 0 Å². The molecule has 2 N–H and O–H groups in total. The molecule has 0 radical (unpaired) electrons. The molecule has 1 aliphatic heterocycles. The van der Waals surface area contributed by atoms with Gasteiger partial charge in [0.2, 0.25) is 10.0 Å². The molecular weight excluding hydrogens is 430 g/mol. The van der Waals surface area contributed by atoms with Crippen LogP contribution in [0.2, 0.25) is 5.02 Å². The molecule has 1 aliphatic rings. The van der Waals surface area contributed by atoms with E-state index in [1.165, 1.54) is 22.5 Å². The normalized spacial score (nSPS) is 14.3. The summed E-state index contributed by atoms with van der Waals surface area (Å²) in [6, 6.07) is 11.2. The van der Waals surface area contributed by atoms with Crippen molar-refractivity contribution in [3.8, 4) is 5.75 Å². The number of aryl methyl sites for hydroxylation is 1. The monoisotopic (exact) mass is 451 g/mol. The van der Waals surface area contributed by atoms with Crippen molar-refractivity contribution in [3.63, 3.8) is 0 Å². The maximum atomic E-state index is 12.8. The van der Waals surface area contributed by atoms with Crippen molar-refractivity contribution in [3.05, 3.63) is 58.6 Å². The molecule has 0 saturated carbocycles. The lowest BCUT2D eigenvalue weighted by atomic mass is 10.2. The first-order valence-corrected chi connectivity index (χ1v) is 11.2. The van der Waals surface area contributed by atoms with E-state index >= 15 is 0 Å². The summed E-state index contributed by atoms with van der Waals surface area (Å²) in [6.45, 7) is 2.40. The molecule has 2 aromatic carbocycles. The van der Waals surface area contributed by atoms with Crippen LogP contribution in [0.5, 0.6) is 5.75 Å². The van der Waals surface area contributed by atoms with E-state index < -0.39 is 21.8 Å². The third-order valence-electron chi connectivity index (χ3n) is 4.64. The molecule has 0 aromatic heterocycles. The van der Waals surface area contributed by atoms with E-state index in [1.807, 2.05) is 19.1 Å². The van der Waals surface area contributed by atoms with E-state index in [4.69, 9.17) is 16.3 Å². The van der Waals surface area contributed by atoms with Gasteiger partial charge in [-0.1, -0.05) is 29.8 Å². The minimum absolute atomic E-state index is 0.0362. The van der Waals surface area contributed by atoms with Gasteiger partial charge in [0.1, 0.15) is 10.6 Å². The molecule has 10 heteroatoms. The van der Waals surface area contributed by atoms with Gasteiger partial charge < -0.3 is 4.74 Å². The highest BCUT2D eigenvalue weighted by Gasteiger charge is 2.29. The smallest absolute Gasteiger partial charge is 0.276 e. The first-order chi connectivity index (χ1) is 14.3. The van der Waals surface area contributed by atoms with Crippen molar-refractivity contribution in [1.29, 1.82) is 0 Å². The number of nitrogens with zero attached hydrogens (tertiary/aromatic N) is 1. The van der Waals surface area contributed by atoms with Gasteiger partial charge in [-0.05, 0) is 49.6 Å². The Morgan fingerprint density at radius 1 is 1.10 bits per heavy atom. The fourth-order valence-electron chi connectivity index (χ4n) is 3.01. The number of carbonyl (C=O) groups is 2. The second kappa shape index (κ2) is 9.46. The zero-order chi connectivity index (χ0) is 21.7.